The second-order valence-corrected chi connectivity index (χ2v) is 4.04. The number of halogens is 2. The van der Waals surface area contributed by atoms with E-state index in [0.29, 0.717) is 16.3 Å². The summed E-state index contributed by atoms with van der Waals surface area (Å²) in [6.45, 7) is 0. The first kappa shape index (κ1) is 8.99. The third-order valence-corrected chi connectivity index (χ3v) is 2.41. The van der Waals surface area contributed by atoms with Crippen LogP contribution in [0.1, 0.15) is 10.4 Å². The van der Waals surface area contributed by atoms with Crippen LogP contribution in [-0.2, 0) is 0 Å². The lowest BCUT2D eigenvalue weighted by atomic mass is 10.2. The first-order valence-electron chi connectivity index (χ1n) is 2.78. The molecule has 0 unspecified atom stereocenters. The number of phenols is 1. The topological polar surface area (TPSA) is 37.3 Å². The molecule has 0 bridgehead atoms. The fourth-order valence-corrected chi connectivity index (χ4v) is 2.23. The van der Waals surface area contributed by atoms with Gasteiger partial charge in [-0.15, -0.1) is 0 Å². The molecule has 0 spiro atoms. The standard InChI is InChI=1S/C7H4BrIO2/c8-6-2-5(9)1-4(3-10)7(6)11/h1-3,11H. The minimum atomic E-state index is 0.000385. The van der Waals surface area contributed by atoms with Gasteiger partial charge in [-0.3, -0.25) is 4.79 Å². The minimum Gasteiger partial charge on any atom is -0.506 e. The van der Waals surface area contributed by atoms with Crippen molar-refractivity contribution in [3.63, 3.8) is 0 Å². The summed E-state index contributed by atoms with van der Waals surface area (Å²) in [4.78, 5) is 10.3. The summed E-state index contributed by atoms with van der Waals surface area (Å²) in [5.74, 6) is 0.000385. The zero-order valence-electron chi connectivity index (χ0n) is 5.34. The highest BCUT2D eigenvalue weighted by molar-refractivity contribution is 14.1. The highest BCUT2D eigenvalue weighted by atomic mass is 127. The third-order valence-electron chi connectivity index (χ3n) is 1.18. The van der Waals surface area contributed by atoms with Crippen molar-refractivity contribution in [2.45, 2.75) is 0 Å². The SMILES string of the molecule is O=Cc1cc(I)cc(Br)c1O. The monoisotopic (exact) mass is 326 g/mol. The van der Waals surface area contributed by atoms with Crippen LogP contribution in [0.4, 0.5) is 0 Å². The van der Waals surface area contributed by atoms with Gasteiger partial charge in [-0.25, -0.2) is 0 Å². The van der Waals surface area contributed by atoms with Crippen LogP contribution in [0, 0.1) is 3.57 Å². The van der Waals surface area contributed by atoms with Gasteiger partial charge >= 0.3 is 0 Å². The maximum absolute atomic E-state index is 10.3. The predicted molar refractivity (Wildman–Crippen MR) is 53.9 cm³/mol. The molecule has 0 atom stereocenters. The number of carbonyl (C=O) groups excluding carboxylic acids is 1. The molecule has 0 amide bonds. The lowest BCUT2D eigenvalue weighted by molar-refractivity contribution is 0.112. The third kappa shape index (κ3) is 1.93. The van der Waals surface area contributed by atoms with Crippen LogP contribution < -0.4 is 0 Å². The van der Waals surface area contributed by atoms with E-state index in [2.05, 4.69) is 38.5 Å². The largest absolute Gasteiger partial charge is 0.506 e. The average molecular weight is 327 g/mol. The first-order valence-corrected chi connectivity index (χ1v) is 4.65. The van der Waals surface area contributed by atoms with E-state index in [4.69, 9.17) is 0 Å². The molecular weight excluding hydrogens is 323 g/mol. The fourth-order valence-electron chi connectivity index (χ4n) is 0.676. The van der Waals surface area contributed by atoms with Crippen LogP contribution in [0.25, 0.3) is 0 Å². The van der Waals surface area contributed by atoms with Gasteiger partial charge in [0.1, 0.15) is 5.75 Å². The highest BCUT2D eigenvalue weighted by Crippen LogP contribution is 2.28. The number of hydrogen-bond donors (Lipinski definition) is 1. The molecule has 0 aliphatic rings. The Morgan fingerprint density at radius 3 is 2.73 bits per heavy atom. The van der Waals surface area contributed by atoms with Gasteiger partial charge in [0.2, 0.25) is 0 Å². The number of benzene rings is 1. The Morgan fingerprint density at radius 1 is 1.55 bits per heavy atom. The average Bonchev–Trinajstić information content (AvgIpc) is 1.96. The number of carbonyl (C=O) groups is 1. The van der Waals surface area contributed by atoms with Crippen molar-refractivity contribution in [3.05, 3.63) is 25.7 Å². The molecule has 4 heteroatoms. The smallest absolute Gasteiger partial charge is 0.153 e. The summed E-state index contributed by atoms with van der Waals surface area (Å²) < 4.78 is 1.46. The molecule has 0 saturated carbocycles. The molecule has 1 aromatic carbocycles. The quantitative estimate of drug-likeness (QED) is 0.636. The van der Waals surface area contributed by atoms with Gasteiger partial charge in [-0.1, -0.05) is 0 Å². The van der Waals surface area contributed by atoms with Gasteiger partial charge in [0.15, 0.2) is 6.29 Å². The minimum absolute atomic E-state index is 0.000385. The van der Waals surface area contributed by atoms with Crippen molar-refractivity contribution in [2.24, 2.45) is 0 Å². The lowest BCUT2D eigenvalue weighted by Gasteiger charge is -2.00. The molecule has 1 N–H and O–H groups in total. The summed E-state index contributed by atoms with van der Waals surface area (Å²) in [6.07, 6.45) is 0.627. The molecule has 0 aliphatic carbocycles. The van der Waals surface area contributed by atoms with Gasteiger partial charge in [-0.05, 0) is 50.7 Å². The second-order valence-electron chi connectivity index (χ2n) is 1.94. The van der Waals surface area contributed by atoms with Crippen LogP contribution in [0.5, 0.6) is 5.75 Å². The Labute approximate surface area is 85.9 Å². The molecule has 0 radical (unpaired) electrons. The van der Waals surface area contributed by atoms with E-state index < -0.39 is 0 Å². The Hall–Kier alpha value is -0.100. The molecule has 1 rings (SSSR count). The lowest BCUT2D eigenvalue weighted by Crippen LogP contribution is -1.83. The molecule has 0 heterocycles. The van der Waals surface area contributed by atoms with Crippen molar-refractivity contribution in [2.75, 3.05) is 0 Å². The van der Waals surface area contributed by atoms with E-state index in [-0.39, 0.29) is 5.75 Å². The van der Waals surface area contributed by atoms with Gasteiger partial charge in [0.05, 0.1) is 10.0 Å². The molecule has 0 fully saturated rings. The number of phenolic OH excluding ortho intramolecular Hbond substituents is 1. The normalized spacial score (nSPS) is 9.64. The summed E-state index contributed by atoms with van der Waals surface area (Å²) >= 11 is 5.20. The molecule has 0 saturated heterocycles. The Bertz CT molecular complexity index is 299. The summed E-state index contributed by atoms with van der Waals surface area (Å²) in [5.41, 5.74) is 0.309. The van der Waals surface area contributed by atoms with E-state index in [1.54, 1.807) is 12.1 Å². The number of aldehydes is 1. The molecular formula is C7H4BrIO2. The highest BCUT2D eigenvalue weighted by Gasteiger charge is 2.04. The van der Waals surface area contributed by atoms with E-state index in [9.17, 15) is 9.90 Å². The number of rotatable bonds is 1. The molecule has 2 nitrogen and oxygen atoms in total. The Morgan fingerprint density at radius 2 is 2.18 bits per heavy atom. The van der Waals surface area contributed by atoms with Gasteiger partial charge < -0.3 is 5.11 Å². The molecule has 58 valence electrons. The van der Waals surface area contributed by atoms with Crippen molar-refractivity contribution in [1.82, 2.24) is 0 Å². The molecule has 1 aromatic rings. The maximum atomic E-state index is 10.3. The molecule has 0 aromatic heterocycles. The van der Waals surface area contributed by atoms with E-state index >= 15 is 0 Å². The van der Waals surface area contributed by atoms with Crippen molar-refractivity contribution < 1.29 is 9.90 Å². The number of hydrogen-bond acceptors (Lipinski definition) is 2. The van der Waals surface area contributed by atoms with E-state index in [1.165, 1.54) is 0 Å². The Balaban J connectivity index is 3.35. The second kappa shape index (κ2) is 3.53. The summed E-state index contributed by atoms with van der Waals surface area (Å²) in [6, 6.07) is 3.36. The summed E-state index contributed by atoms with van der Waals surface area (Å²) in [5, 5.41) is 9.24. The zero-order chi connectivity index (χ0) is 8.43. The van der Waals surface area contributed by atoms with Gasteiger partial charge in [0, 0.05) is 3.57 Å². The van der Waals surface area contributed by atoms with Crippen LogP contribution in [0.3, 0.4) is 0 Å². The predicted octanol–water partition coefficient (Wildman–Crippen LogP) is 2.57. The van der Waals surface area contributed by atoms with Crippen molar-refractivity contribution >= 4 is 44.8 Å². The van der Waals surface area contributed by atoms with E-state index in [1.807, 2.05) is 0 Å². The van der Waals surface area contributed by atoms with Crippen molar-refractivity contribution in [1.29, 1.82) is 0 Å². The Kier molecular flexibility index (Phi) is 2.89. The maximum Gasteiger partial charge on any atom is 0.153 e. The van der Waals surface area contributed by atoms with Crippen LogP contribution in [0.2, 0.25) is 0 Å². The number of aromatic hydroxyl groups is 1. The molecule has 11 heavy (non-hydrogen) atoms. The van der Waals surface area contributed by atoms with Crippen LogP contribution >= 0.6 is 38.5 Å². The van der Waals surface area contributed by atoms with Crippen LogP contribution in [-0.4, -0.2) is 11.4 Å². The van der Waals surface area contributed by atoms with Crippen molar-refractivity contribution in [3.8, 4) is 5.75 Å². The first-order chi connectivity index (χ1) is 5.15. The summed E-state index contributed by atoms with van der Waals surface area (Å²) in [7, 11) is 0. The molecule has 0 aliphatic heterocycles. The van der Waals surface area contributed by atoms with Crippen LogP contribution in [0.15, 0.2) is 16.6 Å². The van der Waals surface area contributed by atoms with Gasteiger partial charge in [0.25, 0.3) is 0 Å². The zero-order valence-corrected chi connectivity index (χ0v) is 9.09. The fraction of sp³-hybridized carbons (Fsp3) is 0. The van der Waals surface area contributed by atoms with E-state index in [0.717, 1.165) is 3.57 Å². The van der Waals surface area contributed by atoms with Gasteiger partial charge in [-0.2, -0.15) is 0 Å².